The quantitative estimate of drug-likeness (QED) is 0.712. The maximum atomic E-state index is 5.99. The van der Waals surface area contributed by atoms with E-state index in [4.69, 9.17) is 11.6 Å². The summed E-state index contributed by atoms with van der Waals surface area (Å²) in [4.78, 5) is 4.29. The van der Waals surface area contributed by atoms with Gasteiger partial charge in [-0.05, 0) is 42.5 Å². The smallest absolute Gasteiger partial charge is 0.0829 e. The van der Waals surface area contributed by atoms with Crippen molar-refractivity contribution >= 4 is 17.9 Å². The lowest BCUT2D eigenvalue weighted by atomic mass is 9.78. The van der Waals surface area contributed by atoms with Crippen LogP contribution in [0.15, 0.2) is 23.2 Å². The molecule has 2 aliphatic rings. The summed E-state index contributed by atoms with van der Waals surface area (Å²) in [6.07, 6.45) is 5.17. The van der Waals surface area contributed by atoms with Crippen molar-refractivity contribution in [3.05, 3.63) is 34.3 Å². The predicted octanol–water partition coefficient (Wildman–Crippen LogP) is 2.20. The summed E-state index contributed by atoms with van der Waals surface area (Å²) in [7, 11) is 0. The summed E-state index contributed by atoms with van der Waals surface area (Å²) in [5.74, 6) is 0. The van der Waals surface area contributed by atoms with Gasteiger partial charge in [-0.3, -0.25) is 4.99 Å². The molecule has 1 aromatic carbocycles. The molecule has 78 valence electrons. The molecule has 1 spiro atoms. The van der Waals surface area contributed by atoms with Crippen LogP contribution in [0, 0.1) is 0 Å². The van der Waals surface area contributed by atoms with E-state index >= 15 is 0 Å². The number of aryl methyl sites for hydroxylation is 1. The summed E-state index contributed by atoms with van der Waals surface area (Å²) in [5.41, 5.74) is 3.02. The number of benzene rings is 1. The van der Waals surface area contributed by atoms with Crippen molar-refractivity contribution in [3.8, 4) is 0 Å². The third-order valence-electron chi connectivity index (χ3n) is 3.43. The minimum Gasteiger partial charge on any atom is -0.369 e. The van der Waals surface area contributed by atoms with Crippen molar-refractivity contribution in [3.63, 3.8) is 0 Å². The van der Waals surface area contributed by atoms with E-state index < -0.39 is 0 Å². The molecule has 3 rings (SSSR count). The first-order valence-electron chi connectivity index (χ1n) is 5.31. The molecule has 2 nitrogen and oxygen atoms in total. The largest absolute Gasteiger partial charge is 0.369 e. The van der Waals surface area contributed by atoms with Gasteiger partial charge in [-0.25, -0.2) is 0 Å². The topological polar surface area (TPSA) is 24.4 Å². The summed E-state index contributed by atoms with van der Waals surface area (Å²) in [5, 5.41) is 4.25. The fourth-order valence-corrected chi connectivity index (χ4v) is 2.73. The zero-order valence-corrected chi connectivity index (χ0v) is 9.22. The number of hydrogen-bond donors (Lipinski definition) is 1. The normalized spacial score (nSPS) is 27.8. The van der Waals surface area contributed by atoms with Gasteiger partial charge in [0.15, 0.2) is 0 Å². The summed E-state index contributed by atoms with van der Waals surface area (Å²) in [6, 6.07) is 6.23. The van der Waals surface area contributed by atoms with Gasteiger partial charge in [0.2, 0.25) is 0 Å². The Labute approximate surface area is 94.4 Å². The van der Waals surface area contributed by atoms with Crippen LogP contribution < -0.4 is 5.32 Å². The standard InChI is InChI=1S/C12H13ClN2/c13-11-2-1-10-6-12(7-14-8-15-12)4-3-9(10)5-11/h1-2,5,8H,3-4,6-7H2,(H,14,15). The average molecular weight is 221 g/mol. The molecule has 1 N–H and O–H groups in total. The third kappa shape index (κ3) is 1.53. The Balaban J connectivity index is 1.93. The van der Waals surface area contributed by atoms with Crippen LogP contribution in [0.4, 0.5) is 0 Å². The lowest BCUT2D eigenvalue weighted by Gasteiger charge is -2.34. The first-order valence-corrected chi connectivity index (χ1v) is 5.69. The van der Waals surface area contributed by atoms with E-state index in [1.54, 1.807) is 0 Å². The van der Waals surface area contributed by atoms with Crippen molar-refractivity contribution in [1.29, 1.82) is 0 Å². The maximum Gasteiger partial charge on any atom is 0.0829 e. The molecule has 0 saturated carbocycles. The second kappa shape index (κ2) is 3.24. The molecule has 0 radical (unpaired) electrons. The van der Waals surface area contributed by atoms with E-state index in [2.05, 4.69) is 22.4 Å². The Hall–Kier alpha value is -1.02. The third-order valence-corrected chi connectivity index (χ3v) is 3.66. The van der Waals surface area contributed by atoms with Gasteiger partial charge < -0.3 is 5.32 Å². The summed E-state index contributed by atoms with van der Waals surface area (Å²) in [6.45, 7) is 0.912. The van der Waals surface area contributed by atoms with Gasteiger partial charge in [0, 0.05) is 5.02 Å². The van der Waals surface area contributed by atoms with Crippen molar-refractivity contribution in [2.24, 2.45) is 4.99 Å². The zero-order valence-electron chi connectivity index (χ0n) is 8.46. The van der Waals surface area contributed by atoms with E-state index in [1.165, 1.54) is 11.1 Å². The van der Waals surface area contributed by atoms with Crippen LogP contribution in [-0.4, -0.2) is 18.4 Å². The Morgan fingerprint density at radius 2 is 2.27 bits per heavy atom. The molecule has 0 saturated heterocycles. The highest BCUT2D eigenvalue weighted by molar-refractivity contribution is 6.30. The van der Waals surface area contributed by atoms with Crippen LogP contribution in [-0.2, 0) is 12.8 Å². The summed E-state index contributed by atoms with van der Waals surface area (Å²) < 4.78 is 0. The molecule has 1 aliphatic heterocycles. The van der Waals surface area contributed by atoms with Gasteiger partial charge in [0.05, 0.1) is 18.4 Å². The molecule has 0 fully saturated rings. The van der Waals surface area contributed by atoms with Crippen molar-refractivity contribution < 1.29 is 0 Å². The highest BCUT2D eigenvalue weighted by atomic mass is 35.5. The van der Waals surface area contributed by atoms with Crippen LogP contribution >= 0.6 is 11.6 Å². The van der Waals surface area contributed by atoms with Crippen LogP contribution in [0.25, 0.3) is 0 Å². The molecule has 1 aliphatic carbocycles. The van der Waals surface area contributed by atoms with Crippen molar-refractivity contribution in [2.75, 3.05) is 6.54 Å². The lowest BCUT2D eigenvalue weighted by molar-refractivity contribution is 0.363. The number of hydrogen-bond acceptors (Lipinski definition) is 2. The fraction of sp³-hybridized carbons (Fsp3) is 0.417. The number of fused-ring (bicyclic) bond motifs is 1. The Morgan fingerprint density at radius 1 is 1.33 bits per heavy atom. The second-order valence-electron chi connectivity index (χ2n) is 4.48. The van der Waals surface area contributed by atoms with Gasteiger partial charge in [-0.15, -0.1) is 0 Å². The van der Waals surface area contributed by atoms with Gasteiger partial charge >= 0.3 is 0 Å². The molecule has 0 amide bonds. The molecule has 0 bridgehead atoms. The fourth-order valence-electron chi connectivity index (χ4n) is 2.53. The number of rotatable bonds is 0. The maximum absolute atomic E-state index is 5.99. The van der Waals surface area contributed by atoms with Gasteiger partial charge in [-0.1, -0.05) is 17.7 Å². The summed E-state index contributed by atoms with van der Waals surface area (Å²) >= 11 is 5.99. The Kier molecular flexibility index (Phi) is 1.99. The molecule has 1 unspecified atom stereocenters. The van der Waals surface area contributed by atoms with Gasteiger partial charge in [-0.2, -0.15) is 0 Å². The van der Waals surface area contributed by atoms with Crippen molar-refractivity contribution in [1.82, 2.24) is 5.32 Å². The van der Waals surface area contributed by atoms with E-state index in [9.17, 15) is 0 Å². The zero-order chi connectivity index (χ0) is 10.3. The predicted molar refractivity (Wildman–Crippen MR) is 62.7 cm³/mol. The second-order valence-corrected chi connectivity index (χ2v) is 4.92. The Bertz CT molecular complexity index is 418. The minimum atomic E-state index is 0.195. The first kappa shape index (κ1) is 9.22. The monoisotopic (exact) mass is 220 g/mol. The van der Waals surface area contributed by atoms with Gasteiger partial charge in [0.1, 0.15) is 0 Å². The van der Waals surface area contributed by atoms with Gasteiger partial charge in [0.25, 0.3) is 0 Å². The molecule has 0 aromatic heterocycles. The Morgan fingerprint density at radius 3 is 3.07 bits per heavy atom. The first-order chi connectivity index (χ1) is 7.27. The number of halogens is 1. The van der Waals surface area contributed by atoms with E-state index in [1.807, 2.05) is 12.4 Å². The van der Waals surface area contributed by atoms with Crippen LogP contribution in [0.1, 0.15) is 17.5 Å². The molecule has 1 aromatic rings. The number of nitrogens with one attached hydrogen (secondary N) is 1. The molecule has 15 heavy (non-hydrogen) atoms. The van der Waals surface area contributed by atoms with Crippen molar-refractivity contribution in [2.45, 2.75) is 24.8 Å². The van der Waals surface area contributed by atoms with Crippen LogP contribution in [0.2, 0.25) is 5.02 Å². The molecule has 3 heteroatoms. The molecular formula is C12H13ClN2. The average Bonchev–Trinajstić information content (AvgIpc) is 2.67. The molecular weight excluding hydrogens is 208 g/mol. The molecule has 1 atom stereocenters. The van der Waals surface area contributed by atoms with Crippen LogP contribution in [0.3, 0.4) is 0 Å². The lowest BCUT2D eigenvalue weighted by Crippen LogP contribution is -2.47. The van der Waals surface area contributed by atoms with E-state index in [0.717, 1.165) is 30.8 Å². The highest BCUT2D eigenvalue weighted by Crippen LogP contribution is 2.31. The van der Waals surface area contributed by atoms with E-state index in [0.29, 0.717) is 0 Å². The number of nitrogens with zero attached hydrogens (tertiary/aromatic N) is 1. The van der Waals surface area contributed by atoms with Crippen LogP contribution in [0.5, 0.6) is 0 Å². The highest BCUT2D eigenvalue weighted by Gasteiger charge is 2.35. The minimum absolute atomic E-state index is 0.195. The SMILES string of the molecule is Clc1ccc2c(c1)CCC1(CN=CN1)C2. The molecule has 1 heterocycles. The van der Waals surface area contributed by atoms with E-state index in [-0.39, 0.29) is 5.54 Å². The number of aliphatic imine (C=N–C) groups is 1.